The molecule has 2 aromatic carbocycles. The second kappa shape index (κ2) is 7.44. The maximum atomic E-state index is 13.0. The van der Waals surface area contributed by atoms with Crippen molar-refractivity contribution in [1.82, 2.24) is 9.62 Å². The molecule has 0 bridgehead atoms. The topological polar surface area (TPSA) is 66.5 Å². The van der Waals surface area contributed by atoms with E-state index in [1.807, 2.05) is 23.1 Å². The highest BCUT2D eigenvalue weighted by atomic mass is 32.2. The van der Waals surface area contributed by atoms with Crippen LogP contribution in [0.3, 0.4) is 0 Å². The van der Waals surface area contributed by atoms with E-state index in [-0.39, 0.29) is 22.9 Å². The minimum absolute atomic E-state index is 0.0208. The van der Waals surface area contributed by atoms with Gasteiger partial charge in [0.05, 0.1) is 4.90 Å². The zero-order valence-corrected chi connectivity index (χ0v) is 16.0. The average Bonchev–Trinajstić information content (AvgIpc) is 3.36. The van der Waals surface area contributed by atoms with Crippen molar-refractivity contribution in [1.29, 1.82) is 0 Å². The number of carbonyl (C=O) groups excluding carboxylic acids is 1. The van der Waals surface area contributed by atoms with Crippen LogP contribution in [0.5, 0.6) is 0 Å². The third-order valence-corrected chi connectivity index (χ3v) is 6.80. The molecule has 0 aromatic heterocycles. The third-order valence-electron chi connectivity index (χ3n) is 5.26. The smallest absolute Gasteiger partial charge is 0.254 e. The SMILES string of the molecule is O=C(c1ccc(S(=O)(=O)NC2CC2)cc1)N1CCC[C@@H]1Cc1ccccc1. The van der Waals surface area contributed by atoms with E-state index in [9.17, 15) is 13.2 Å². The quantitative estimate of drug-likeness (QED) is 0.833. The van der Waals surface area contributed by atoms with Crippen LogP contribution < -0.4 is 4.72 Å². The van der Waals surface area contributed by atoms with E-state index < -0.39 is 10.0 Å². The summed E-state index contributed by atoms with van der Waals surface area (Å²) in [6.45, 7) is 0.750. The minimum Gasteiger partial charge on any atom is -0.335 e. The van der Waals surface area contributed by atoms with Crippen molar-refractivity contribution in [2.75, 3.05) is 6.54 Å². The summed E-state index contributed by atoms with van der Waals surface area (Å²) in [6.07, 6.45) is 4.64. The zero-order valence-electron chi connectivity index (χ0n) is 15.2. The Kier molecular flexibility index (Phi) is 5.02. The first kappa shape index (κ1) is 18.2. The lowest BCUT2D eigenvalue weighted by Crippen LogP contribution is -2.36. The van der Waals surface area contributed by atoms with Gasteiger partial charge in [-0.05, 0) is 61.9 Å². The van der Waals surface area contributed by atoms with E-state index in [0.29, 0.717) is 5.56 Å². The molecule has 5 nitrogen and oxygen atoms in total. The minimum atomic E-state index is -3.48. The molecule has 27 heavy (non-hydrogen) atoms. The van der Waals surface area contributed by atoms with Gasteiger partial charge in [0.15, 0.2) is 0 Å². The Morgan fingerprint density at radius 1 is 1.00 bits per heavy atom. The second-order valence-corrected chi connectivity index (χ2v) is 9.12. The number of likely N-dealkylation sites (tertiary alicyclic amines) is 1. The maximum Gasteiger partial charge on any atom is 0.254 e. The van der Waals surface area contributed by atoms with Gasteiger partial charge in [0.1, 0.15) is 0 Å². The van der Waals surface area contributed by atoms with Crippen LogP contribution in [0, 0.1) is 0 Å². The van der Waals surface area contributed by atoms with E-state index in [2.05, 4.69) is 16.9 Å². The Bertz CT molecular complexity index is 906. The molecule has 2 aliphatic rings. The number of hydrogen-bond acceptors (Lipinski definition) is 3. The molecular weight excluding hydrogens is 360 g/mol. The standard InChI is InChI=1S/C21H24N2O3S/c24-21(23-14-4-7-19(23)15-16-5-2-1-3-6-16)17-8-12-20(13-9-17)27(25,26)22-18-10-11-18/h1-3,5-6,8-9,12-13,18-19,22H,4,7,10-11,14-15H2/t19-/m1/s1. The van der Waals surface area contributed by atoms with E-state index in [1.165, 1.54) is 17.7 Å². The highest BCUT2D eigenvalue weighted by molar-refractivity contribution is 7.89. The average molecular weight is 385 g/mol. The Morgan fingerprint density at radius 3 is 2.37 bits per heavy atom. The molecule has 1 aliphatic heterocycles. The van der Waals surface area contributed by atoms with Crippen molar-refractivity contribution in [3.63, 3.8) is 0 Å². The maximum absolute atomic E-state index is 13.0. The summed E-state index contributed by atoms with van der Waals surface area (Å²) in [5, 5.41) is 0. The van der Waals surface area contributed by atoms with Crippen LogP contribution >= 0.6 is 0 Å². The zero-order chi connectivity index (χ0) is 18.9. The van der Waals surface area contributed by atoms with E-state index in [1.54, 1.807) is 12.1 Å². The Hall–Kier alpha value is -2.18. The first-order chi connectivity index (χ1) is 13.0. The first-order valence-electron chi connectivity index (χ1n) is 9.50. The molecule has 2 fully saturated rings. The fraction of sp³-hybridized carbons (Fsp3) is 0.381. The van der Waals surface area contributed by atoms with Crippen LogP contribution in [0.2, 0.25) is 0 Å². The van der Waals surface area contributed by atoms with Crippen LogP contribution in [-0.4, -0.2) is 37.9 Å². The molecule has 1 N–H and O–H groups in total. The first-order valence-corrected chi connectivity index (χ1v) is 11.0. The van der Waals surface area contributed by atoms with Gasteiger partial charge in [0, 0.05) is 24.2 Å². The second-order valence-electron chi connectivity index (χ2n) is 7.40. The molecule has 1 amide bonds. The lowest BCUT2D eigenvalue weighted by atomic mass is 10.0. The van der Waals surface area contributed by atoms with Gasteiger partial charge in [-0.1, -0.05) is 30.3 Å². The molecule has 1 heterocycles. The normalized spacial score (nSPS) is 20.0. The van der Waals surface area contributed by atoms with Crippen molar-refractivity contribution in [2.45, 2.75) is 49.1 Å². The van der Waals surface area contributed by atoms with Gasteiger partial charge in [0.2, 0.25) is 10.0 Å². The van der Waals surface area contributed by atoms with Gasteiger partial charge in [0.25, 0.3) is 5.91 Å². The highest BCUT2D eigenvalue weighted by Gasteiger charge is 2.30. The summed E-state index contributed by atoms with van der Waals surface area (Å²) < 4.78 is 27.2. The van der Waals surface area contributed by atoms with Gasteiger partial charge in [-0.3, -0.25) is 4.79 Å². The molecule has 2 aromatic rings. The Balaban J connectivity index is 1.46. The fourth-order valence-electron chi connectivity index (χ4n) is 3.63. The van der Waals surface area contributed by atoms with Crippen LogP contribution in [0.1, 0.15) is 41.6 Å². The Morgan fingerprint density at radius 2 is 1.70 bits per heavy atom. The van der Waals surface area contributed by atoms with Gasteiger partial charge in [-0.25, -0.2) is 13.1 Å². The van der Waals surface area contributed by atoms with E-state index >= 15 is 0 Å². The molecule has 4 rings (SSSR count). The number of carbonyl (C=O) groups is 1. The van der Waals surface area contributed by atoms with Crippen LogP contribution in [-0.2, 0) is 16.4 Å². The van der Waals surface area contributed by atoms with E-state index in [4.69, 9.17) is 0 Å². The number of amides is 1. The summed E-state index contributed by atoms with van der Waals surface area (Å²) in [5.74, 6) is -0.0208. The van der Waals surface area contributed by atoms with Crippen molar-refractivity contribution in [3.05, 3.63) is 65.7 Å². The largest absolute Gasteiger partial charge is 0.335 e. The lowest BCUT2D eigenvalue weighted by molar-refractivity contribution is 0.0736. The fourth-order valence-corrected chi connectivity index (χ4v) is 4.94. The predicted molar refractivity (Wildman–Crippen MR) is 104 cm³/mol. The van der Waals surface area contributed by atoms with Gasteiger partial charge < -0.3 is 4.90 Å². The summed E-state index contributed by atoms with van der Waals surface area (Å²) in [5.41, 5.74) is 1.77. The Labute approximate surface area is 160 Å². The summed E-state index contributed by atoms with van der Waals surface area (Å²) in [4.78, 5) is 15.1. The van der Waals surface area contributed by atoms with Crippen LogP contribution in [0.4, 0.5) is 0 Å². The van der Waals surface area contributed by atoms with Crippen molar-refractivity contribution in [3.8, 4) is 0 Å². The number of nitrogens with zero attached hydrogens (tertiary/aromatic N) is 1. The number of benzene rings is 2. The molecule has 1 saturated carbocycles. The number of sulfonamides is 1. The molecule has 0 spiro atoms. The van der Waals surface area contributed by atoms with Gasteiger partial charge in [-0.2, -0.15) is 0 Å². The summed E-state index contributed by atoms with van der Waals surface area (Å²) in [6, 6.07) is 16.8. The van der Waals surface area contributed by atoms with Crippen LogP contribution in [0.25, 0.3) is 0 Å². The number of nitrogens with one attached hydrogen (secondary N) is 1. The number of hydrogen-bond donors (Lipinski definition) is 1. The molecule has 142 valence electrons. The number of rotatable bonds is 6. The molecule has 1 atom stereocenters. The third kappa shape index (κ3) is 4.22. The summed E-state index contributed by atoms with van der Waals surface area (Å²) in [7, 11) is -3.48. The monoisotopic (exact) mass is 384 g/mol. The predicted octanol–water partition coefficient (Wildman–Crippen LogP) is 2.97. The molecule has 0 radical (unpaired) electrons. The molecule has 6 heteroatoms. The van der Waals surface area contributed by atoms with Gasteiger partial charge >= 0.3 is 0 Å². The molecule has 0 unspecified atom stereocenters. The van der Waals surface area contributed by atoms with E-state index in [0.717, 1.165) is 38.6 Å². The highest BCUT2D eigenvalue weighted by Crippen LogP contribution is 2.25. The summed E-state index contributed by atoms with van der Waals surface area (Å²) >= 11 is 0. The van der Waals surface area contributed by atoms with Crippen LogP contribution in [0.15, 0.2) is 59.5 Å². The van der Waals surface area contributed by atoms with Crippen molar-refractivity contribution in [2.24, 2.45) is 0 Å². The molecule has 1 saturated heterocycles. The van der Waals surface area contributed by atoms with Crippen molar-refractivity contribution < 1.29 is 13.2 Å². The van der Waals surface area contributed by atoms with Gasteiger partial charge in [-0.15, -0.1) is 0 Å². The molecule has 1 aliphatic carbocycles. The lowest BCUT2D eigenvalue weighted by Gasteiger charge is -2.25. The van der Waals surface area contributed by atoms with Crippen molar-refractivity contribution >= 4 is 15.9 Å². The molecular formula is C21H24N2O3S.